The Kier molecular flexibility index (Phi) is 5.49. The van der Waals surface area contributed by atoms with E-state index in [1.807, 2.05) is 20.8 Å². The van der Waals surface area contributed by atoms with Gasteiger partial charge in [0.1, 0.15) is 16.4 Å². The van der Waals surface area contributed by atoms with Crippen LogP contribution in [-0.4, -0.2) is 35.1 Å². The van der Waals surface area contributed by atoms with Crippen LogP contribution in [0.3, 0.4) is 0 Å². The fraction of sp³-hybridized carbons (Fsp3) is 0.381. The summed E-state index contributed by atoms with van der Waals surface area (Å²) in [5.74, 6) is 0.684. The molecule has 0 fully saturated rings. The maximum absolute atomic E-state index is 12.9. The van der Waals surface area contributed by atoms with Crippen LogP contribution in [0.4, 0.5) is 11.4 Å². The molecule has 156 valence electrons. The van der Waals surface area contributed by atoms with Gasteiger partial charge in [0.25, 0.3) is 10.0 Å². The van der Waals surface area contributed by atoms with Gasteiger partial charge in [0.05, 0.1) is 14.2 Å². The summed E-state index contributed by atoms with van der Waals surface area (Å²) in [5, 5.41) is 0. The lowest BCUT2D eigenvalue weighted by Gasteiger charge is -2.26. The molecule has 0 radical (unpaired) electrons. The van der Waals surface area contributed by atoms with Gasteiger partial charge in [-0.15, -0.1) is 0 Å². The van der Waals surface area contributed by atoms with Gasteiger partial charge in [0.2, 0.25) is 5.91 Å². The molecule has 0 saturated heterocycles. The van der Waals surface area contributed by atoms with Crippen LogP contribution >= 0.6 is 0 Å². The zero-order chi connectivity index (χ0) is 21.4. The van der Waals surface area contributed by atoms with Crippen molar-refractivity contribution in [3.63, 3.8) is 0 Å². The number of hydrogen-bond donors (Lipinski definition) is 1. The van der Waals surface area contributed by atoms with E-state index in [1.54, 1.807) is 35.2 Å². The smallest absolute Gasteiger partial charge is 0.265 e. The highest BCUT2D eigenvalue weighted by atomic mass is 32.2. The second-order valence-electron chi connectivity index (χ2n) is 7.92. The fourth-order valence-corrected chi connectivity index (χ4v) is 4.52. The number of carbonyl (C=O) groups is 1. The van der Waals surface area contributed by atoms with E-state index in [-0.39, 0.29) is 16.6 Å². The maximum Gasteiger partial charge on any atom is 0.265 e. The topological polar surface area (TPSA) is 84.9 Å². The number of benzene rings is 2. The number of sulfonamides is 1. The van der Waals surface area contributed by atoms with Crippen molar-refractivity contribution < 1.29 is 22.7 Å². The third-order valence-electron chi connectivity index (χ3n) is 4.77. The SMILES string of the molecule is COc1ccc(OC)c(S(=O)(=O)Nc2ccc3c(c2)CCN3C(=O)C(C)(C)C)c1. The molecular formula is C21H26N2O5S. The summed E-state index contributed by atoms with van der Waals surface area (Å²) >= 11 is 0. The first-order valence-corrected chi connectivity index (χ1v) is 10.7. The molecule has 0 aromatic heterocycles. The van der Waals surface area contributed by atoms with Crippen molar-refractivity contribution in [2.45, 2.75) is 32.1 Å². The van der Waals surface area contributed by atoms with Crippen LogP contribution in [-0.2, 0) is 21.2 Å². The average Bonchev–Trinajstić information content (AvgIpc) is 3.08. The van der Waals surface area contributed by atoms with E-state index in [0.29, 0.717) is 24.4 Å². The number of anilines is 2. The summed E-state index contributed by atoms with van der Waals surface area (Å²) in [4.78, 5) is 14.4. The van der Waals surface area contributed by atoms with E-state index in [0.717, 1.165) is 11.3 Å². The molecule has 0 atom stereocenters. The number of methoxy groups -OCH3 is 2. The third-order valence-corrected chi connectivity index (χ3v) is 6.18. The average molecular weight is 419 g/mol. The lowest BCUT2D eigenvalue weighted by atomic mass is 9.94. The third kappa shape index (κ3) is 4.17. The lowest BCUT2D eigenvalue weighted by Crippen LogP contribution is -2.38. The Morgan fingerprint density at radius 2 is 1.79 bits per heavy atom. The highest BCUT2D eigenvalue weighted by Crippen LogP contribution is 2.35. The van der Waals surface area contributed by atoms with Gasteiger partial charge in [-0.1, -0.05) is 20.8 Å². The standard InChI is InChI=1S/C21H26N2O5S/c1-21(2,3)20(24)23-11-10-14-12-15(6-8-17(14)23)22-29(25,26)19-13-16(27-4)7-9-18(19)28-5/h6-9,12-13,22H,10-11H2,1-5H3. The minimum absolute atomic E-state index is 0.00983. The molecule has 0 bridgehead atoms. The van der Waals surface area contributed by atoms with Crippen LogP contribution in [0.1, 0.15) is 26.3 Å². The fourth-order valence-electron chi connectivity index (χ4n) is 3.29. The van der Waals surface area contributed by atoms with Crippen molar-refractivity contribution in [3.05, 3.63) is 42.0 Å². The number of amides is 1. The molecule has 1 N–H and O–H groups in total. The predicted molar refractivity (Wildman–Crippen MR) is 112 cm³/mol. The van der Waals surface area contributed by atoms with Crippen molar-refractivity contribution >= 4 is 27.3 Å². The Labute approximate surface area is 171 Å². The second-order valence-corrected chi connectivity index (χ2v) is 9.57. The zero-order valence-corrected chi connectivity index (χ0v) is 18.1. The van der Waals surface area contributed by atoms with Crippen molar-refractivity contribution in [3.8, 4) is 11.5 Å². The van der Waals surface area contributed by atoms with Gasteiger partial charge in [0, 0.05) is 29.4 Å². The van der Waals surface area contributed by atoms with E-state index in [1.165, 1.54) is 20.3 Å². The highest BCUT2D eigenvalue weighted by molar-refractivity contribution is 7.92. The number of fused-ring (bicyclic) bond motifs is 1. The largest absolute Gasteiger partial charge is 0.497 e. The molecule has 1 aliphatic heterocycles. The van der Waals surface area contributed by atoms with Crippen LogP contribution in [0.15, 0.2) is 41.3 Å². The van der Waals surface area contributed by atoms with Gasteiger partial charge in [-0.2, -0.15) is 0 Å². The molecule has 2 aromatic carbocycles. The summed E-state index contributed by atoms with van der Waals surface area (Å²) in [5.41, 5.74) is 1.70. The molecule has 3 rings (SSSR count). The van der Waals surface area contributed by atoms with Gasteiger partial charge >= 0.3 is 0 Å². The Morgan fingerprint density at radius 3 is 2.41 bits per heavy atom. The zero-order valence-electron chi connectivity index (χ0n) is 17.3. The summed E-state index contributed by atoms with van der Waals surface area (Å²) < 4.78 is 38.8. The normalized spacial score (nSPS) is 13.8. The van der Waals surface area contributed by atoms with E-state index in [4.69, 9.17) is 9.47 Å². The van der Waals surface area contributed by atoms with Gasteiger partial charge in [0.15, 0.2) is 0 Å². The number of ether oxygens (including phenoxy) is 2. The molecular weight excluding hydrogens is 392 g/mol. The number of hydrogen-bond acceptors (Lipinski definition) is 5. The van der Waals surface area contributed by atoms with E-state index >= 15 is 0 Å². The Hall–Kier alpha value is -2.74. The minimum atomic E-state index is -3.89. The first-order valence-electron chi connectivity index (χ1n) is 9.26. The molecule has 0 saturated carbocycles. The van der Waals surface area contributed by atoms with Crippen LogP contribution in [0, 0.1) is 5.41 Å². The van der Waals surface area contributed by atoms with Crippen LogP contribution in [0.2, 0.25) is 0 Å². The first kappa shape index (κ1) is 21.0. The lowest BCUT2D eigenvalue weighted by molar-refractivity contribution is -0.125. The van der Waals surface area contributed by atoms with E-state index in [2.05, 4.69) is 4.72 Å². The maximum atomic E-state index is 12.9. The molecule has 2 aromatic rings. The van der Waals surface area contributed by atoms with Crippen LogP contribution < -0.4 is 19.1 Å². The quantitative estimate of drug-likeness (QED) is 0.804. The molecule has 8 heteroatoms. The second kappa shape index (κ2) is 7.59. The Bertz CT molecular complexity index is 1040. The molecule has 1 aliphatic rings. The molecule has 0 aliphatic carbocycles. The molecule has 1 heterocycles. The summed E-state index contributed by atoms with van der Waals surface area (Å²) in [6.07, 6.45) is 0.676. The number of nitrogens with one attached hydrogen (secondary N) is 1. The van der Waals surface area contributed by atoms with Crippen molar-refractivity contribution in [2.75, 3.05) is 30.4 Å². The number of nitrogens with zero attached hydrogens (tertiary/aromatic N) is 1. The Balaban J connectivity index is 1.90. The van der Waals surface area contributed by atoms with E-state index in [9.17, 15) is 13.2 Å². The Morgan fingerprint density at radius 1 is 1.07 bits per heavy atom. The molecule has 1 amide bonds. The van der Waals surface area contributed by atoms with Crippen molar-refractivity contribution in [2.24, 2.45) is 5.41 Å². The number of rotatable bonds is 5. The number of carbonyl (C=O) groups excluding carboxylic acids is 1. The summed E-state index contributed by atoms with van der Waals surface area (Å²) in [6, 6.07) is 9.82. The van der Waals surface area contributed by atoms with Crippen LogP contribution in [0.5, 0.6) is 11.5 Å². The summed E-state index contributed by atoms with van der Waals surface area (Å²) in [6.45, 7) is 6.25. The van der Waals surface area contributed by atoms with Gasteiger partial charge < -0.3 is 14.4 Å². The molecule has 0 unspecified atom stereocenters. The van der Waals surface area contributed by atoms with Crippen molar-refractivity contribution in [1.82, 2.24) is 0 Å². The minimum Gasteiger partial charge on any atom is -0.497 e. The summed E-state index contributed by atoms with van der Waals surface area (Å²) in [7, 11) is -1.01. The first-order chi connectivity index (χ1) is 13.6. The van der Waals surface area contributed by atoms with Gasteiger partial charge in [-0.3, -0.25) is 9.52 Å². The molecule has 0 spiro atoms. The monoisotopic (exact) mass is 418 g/mol. The van der Waals surface area contributed by atoms with Gasteiger partial charge in [-0.05, 0) is 42.3 Å². The van der Waals surface area contributed by atoms with Crippen molar-refractivity contribution in [1.29, 1.82) is 0 Å². The molecule has 29 heavy (non-hydrogen) atoms. The highest BCUT2D eigenvalue weighted by Gasteiger charge is 2.32. The van der Waals surface area contributed by atoms with Crippen LogP contribution in [0.25, 0.3) is 0 Å². The predicted octanol–water partition coefficient (Wildman–Crippen LogP) is 3.44. The van der Waals surface area contributed by atoms with E-state index < -0.39 is 15.4 Å². The van der Waals surface area contributed by atoms with Gasteiger partial charge in [-0.25, -0.2) is 8.42 Å². The molecule has 7 nitrogen and oxygen atoms in total.